The number of nitrogens with zero attached hydrogens (tertiary/aromatic N) is 2. The molecule has 0 radical (unpaired) electrons. The van der Waals surface area contributed by atoms with Gasteiger partial charge in [0, 0.05) is 43.1 Å². The third-order valence-corrected chi connectivity index (χ3v) is 14.4. The number of carbonyl (C=O) groups is 3. The van der Waals surface area contributed by atoms with Gasteiger partial charge in [-0.25, -0.2) is 4.39 Å². The number of benzene rings is 3. The minimum Gasteiger partial charge on any atom is -0.756 e. The molecular weight excluding hydrogens is 1040 g/mol. The lowest BCUT2D eigenvalue weighted by Crippen LogP contribution is -2.37. The molecule has 0 spiro atoms. The number of aliphatic hydroxyl groups is 2. The summed E-state index contributed by atoms with van der Waals surface area (Å²) in [7, 11) is 1.40. The second kappa shape index (κ2) is 38.8. The highest BCUT2D eigenvalue weighted by Crippen LogP contribution is 2.43. The Labute approximate surface area is 476 Å². The van der Waals surface area contributed by atoms with E-state index in [1.54, 1.807) is 12.1 Å². The van der Waals surface area contributed by atoms with E-state index in [0.29, 0.717) is 65.2 Å². The average Bonchev–Trinajstić information content (AvgIpc) is 4.03. The maximum atomic E-state index is 14.0. The van der Waals surface area contributed by atoms with Crippen LogP contribution in [0.1, 0.15) is 171 Å². The van der Waals surface area contributed by atoms with Gasteiger partial charge in [0.15, 0.2) is 0 Å². The fraction of sp³-hybridized carbons (Fsp3) is 0.597. The monoisotopic (exact) mass is 1140 g/mol. The Morgan fingerprint density at radius 3 is 1.80 bits per heavy atom. The van der Waals surface area contributed by atoms with Crippen molar-refractivity contribution in [1.82, 2.24) is 4.57 Å². The number of halogens is 1. The van der Waals surface area contributed by atoms with Crippen LogP contribution in [0.5, 0.6) is 0 Å². The number of carboxylic acid groups (broad SMARTS) is 2. The summed E-state index contributed by atoms with van der Waals surface area (Å²) in [4.78, 5) is 47.8. The van der Waals surface area contributed by atoms with Gasteiger partial charge in [-0.2, -0.15) is 0 Å². The van der Waals surface area contributed by atoms with Gasteiger partial charge in [-0.15, -0.1) is 0 Å². The van der Waals surface area contributed by atoms with Gasteiger partial charge in [0.1, 0.15) is 25.1 Å². The van der Waals surface area contributed by atoms with Gasteiger partial charge in [-0.05, 0) is 85.5 Å². The van der Waals surface area contributed by atoms with Crippen LogP contribution in [0.25, 0.3) is 22.4 Å². The largest absolute Gasteiger partial charge is 0.756 e. The summed E-state index contributed by atoms with van der Waals surface area (Å²) >= 11 is 0. The van der Waals surface area contributed by atoms with Gasteiger partial charge in [0.25, 0.3) is 13.7 Å². The molecule has 0 saturated heterocycles. The molecule has 1 unspecified atom stereocenters. The molecule has 1 aromatic heterocycles. The molecule has 5 N–H and O–H groups in total. The highest BCUT2D eigenvalue weighted by atomic mass is 31.2. The summed E-state index contributed by atoms with van der Waals surface area (Å²) in [6.45, 7) is 8.01. The topological polar surface area (TPSA) is 226 Å². The molecule has 4 atom stereocenters. The van der Waals surface area contributed by atoms with Crippen LogP contribution in [0.2, 0.25) is 0 Å². The number of aliphatic hydroxyl groups excluding tert-OH is 2. The zero-order valence-corrected chi connectivity index (χ0v) is 49.6. The summed E-state index contributed by atoms with van der Waals surface area (Å²) in [6, 6.07) is 24.8. The van der Waals surface area contributed by atoms with Crippen LogP contribution in [0, 0.1) is 5.82 Å². The Hall–Kier alpha value is -4.81. The van der Waals surface area contributed by atoms with E-state index in [1.807, 2.05) is 100 Å². The number of carbonyl (C=O) groups excluding carboxylic acids is 1. The van der Waals surface area contributed by atoms with E-state index in [0.717, 1.165) is 24.1 Å². The minimum absolute atomic E-state index is 0.0423. The number of anilines is 1. The van der Waals surface area contributed by atoms with Crippen molar-refractivity contribution in [1.29, 1.82) is 0 Å². The van der Waals surface area contributed by atoms with Crippen LogP contribution in [0.3, 0.4) is 0 Å². The number of likely N-dealkylation sites (N-methyl/N-ethyl adjacent to an activating group) is 1. The number of aromatic nitrogens is 1. The number of unbranched alkanes of at least 4 members (excludes halogenated alkanes) is 14. The van der Waals surface area contributed by atoms with Gasteiger partial charge in [-0.3, -0.25) is 18.9 Å². The first-order chi connectivity index (χ1) is 38.2. The molecule has 448 valence electrons. The smallest absolute Gasteiger partial charge is 0.305 e. The zero-order chi connectivity index (χ0) is 58.8. The number of phosphoric ester groups is 1. The molecule has 0 bridgehead atoms. The molecule has 0 fully saturated rings. The van der Waals surface area contributed by atoms with Crippen molar-refractivity contribution in [2.45, 2.75) is 180 Å². The van der Waals surface area contributed by atoms with E-state index >= 15 is 0 Å². The summed E-state index contributed by atoms with van der Waals surface area (Å²) in [5.74, 6) is -2.78. The normalized spacial score (nSPS) is 13.5. The van der Waals surface area contributed by atoms with E-state index in [9.17, 15) is 38.4 Å². The third-order valence-electron chi connectivity index (χ3n) is 13.4. The van der Waals surface area contributed by atoms with Gasteiger partial charge >= 0.3 is 11.9 Å². The number of carboxylic acids is 2. The lowest BCUT2D eigenvalue weighted by atomic mass is 9.94. The maximum Gasteiger partial charge on any atom is 0.305 e. The maximum absolute atomic E-state index is 14.0. The minimum atomic E-state index is -4.44. The van der Waals surface area contributed by atoms with E-state index in [1.165, 1.54) is 89.2 Å². The van der Waals surface area contributed by atoms with Crippen LogP contribution in [0.15, 0.2) is 84.9 Å². The number of hydrogen-bond acceptors (Lipinski definition) is 11. The first kappa shape index (κ1) is 69.5. The van der Waals surface area contributed by atoms with Crippen molar-refractivity contribution in [3.63, 3.8) is 0 Å². The quantitative estimate of drug-likeness (QED) is 0.0158. The van der Waals surface area contributed by atoms with E-state index < -0.39 is 44.5 Å². The SMILES string of the molecule is CC(C)c1c(C(=O)Nc2ccccc2)c(-c2ccccc2)c(-c2ccc(F)cc2)n1CC[C@@H](O)C[C@@H](O)CC(=O)O.CCCCCCCCCCCCCCCCOC[C@H](COP(=O)([O-])OCC[N+](C)(C)C)OCCCCC(=O)O. The number of phosphoric acid groups is 1. The first-order valence-electron chi connectivity index (χ1n) is 29.0. The summed E-state index contributed by atoms with van der Waals surface area (Å²) in [6.07, 6.45) is 16.2. The molecular formula is C62H95FN3O13P. The van der Waals surface area contributed by atoms with Crippen molar-refractivity contribution in [3.05, 3.63) is 102 Å². The Balaban J connectivity index is 0.000000421. The highest BCUT2D eigenvalue weighted by molar-refractivity contribution is 7.45. The van der Waals surface area contributed by atoms with Gasteiger partial charge in [0.2, 0.25) is 0 Å². The Morgan fingerprint density at radius 2 is 1.25 bits per heavy atom. The van der Waals surface area contributed by atoms with Crippen LogP contribution >= 0.6 is 7.82 Å². The Morgan fingerprint density at radius 1 is 0.688 bits per heavy atom. The van der Waals surface area contributed by atoms with Crippen LogP contribution in [0.4, 0.5) is 10.1 Å². The molecule has 18 heteroatoms. The molecule has 0 aliphatic rings. The van der Waals surface area contributed by atoms with Gasteiger partial charge in [-0.1, -0.05) is 153 Å². The lowest BCUT2D eigenvalue weighted by molar-refractivity contribution is -0.870. The number of amides is 1. The molecule has 80 heavy (non-hydrogen) atoms. The summed E-state index contributed by atoms with van der Waals surface area (Å²) < 4.78 is 50.2. The average molecular weight is 1140 g/mol. The number of nitrogens with one attached hydrogen (secondary N) is 1. The summed E-state index contributed by atoms with van der Waals surface area (Å²) in [5.41, 5.74) is 4.77. The molecule has 0 aliphatic carbocycles. The second-order valence-corrected chi connectivity index (χ2v) is 23.4. The van der Waals surface area contributed by atoms with Gasteiger partial charge in [0.05, 0.1) is 64.2 Å². The molecule has 0 aliphatic heterocycles. The molecule has 1 amide bonds. The standard InChI is InChI=1S/C33H35FN2O5.C29H60NO8P/c1-21(2)31-30(33(41)35-25-11-7-4-8-12-25)29(22-9-5-3-6-10-22)32(23-13-15-24(34)16-14-23)36(31)18-17-26(37)19-27(38)20-28(39)40;1-5-6-7-8-9-10-11-12-13-14-15-16-17-19-23-35-26-28(36-24-20-18-21-29(31)32)27-38-39(33,34)37-25-22-30(2,3)4/h3-16,21,26-27,37-38H,17-20H2,1-2H3,(H,35,41)(H,39,40);28H,5-27H2,1-4H3,(H-,31,32,33,34)/t26-,27-;28-/m11/s1. The predicted molar refractivity (Wildman–Crippen MR) is 312 cm³/mol. The van der Waals surface area contributed by atoms with Crippen molar-refractivity contribution in [2.24, 2.45) is 0 Å². The van der Waals surface area contributed by atoms with Crippen LogP contribution in [-0.4, -0.2) is 126 Å². The second-order valence-electron chi connectivity index (χ2n) is 22.0. The van der Waals surface area contributed by atoms with E-state index in [4.69, 9.17) is 28.7 Å². The van der Waals surface area contributed by atoms with Crippen LogP contribution in [-0.2, 0) is 39.2 Å². The fourth-order valence-electron chi connectivity index (χ4n) is 9.23. The lowest BCUT2D eigenvalue weighted by Gasteiger charge is -2.28. The third kappa shape index (κ3) is 29.3. The van der Waals surface area contributed by atoms with Crippen molar-refractivity contribution >= 4 is 31.4 Å². The number of para-hydroxylation sites is 1. The molecule has 4 rings (SSSR count). The number of quaternary nitrogens is 1. The fourth-order valence-corrected chi connectivity index (χ4v) is 9.96. The van der Waals surface area contributed by atoms with Crippen LogP contribution < -0.4 is 10.2 Å². The van der Waals surface area contributed by atoms with E-state index in [-0.39, 0.29) is 63.3 Å². The first-order valence-corrected chi connectivity index (χ1v) is 30.5. The zero-order valence-electron chi connectivity index (χ0n) is 48.7. The number of hydrogen-bond donors (Lipinski definition) is 5. The predicted octanol–water partition coefficient (Wildman–Crippen LogP) is 12.6. The van der Waals surface area contributed by atoms with E-state index in [2.05, 4.69) is 12.2 Å². The molecule has 3 aromatic carbocycles. The van der Waals surface area contributed by atoms with Crippen molar-refractivity contribution < 1.29 is 71.7 Å². The Bertz CT molecular complexity index is 2380. The molecule has 0 saturated carbocycles. The van der Waals surface area contributed by atoms with Crippen molar-refractivity contribution in [2.75, 3.05) is 66.0 Å². The Kier molecular flexibility index (Phi) is 33.7. The number of aliphatic carboxylic acids is 2. The van der Waals surface area contributed by atoms with Gasteiger partial charge < -0.3 is 58.2 Å². The summed E-state index contributed by atoms with van der Waals surface area (Å²) in [5, 5.41) is 41.5. The number of ether oxygens (including phenoxy) is 2. The highest BCUT2D eigenvalue weighted by Gasteiger charge is 2.31. The molecule has 1 heterocycles. The molecule has 16 nitrogen and oxygen atoms in total. The van der Waals surface area contributed by atoms with Crippen molar-refractivity contribution in [3.8, 4) is 22.4 Å². The molecule has 4 aromatic rings. The number of rotatable bonds is 42.